The van der Waals surface area contributed by atoms with Crippen LogP contribution in [0.3, 0.4) is 0 Å². The fraction of sp³-hybridized carbons (Fsp3) is 0.364. The molecule has 0 aliphatic heterocycles. The van der Waals surface area contributed by atoms with Crippen LogP contribution in [0, 0.1) is 0 Å². The highest BCUT2D eigenvalue weighted by Gasteiger charge is 2.13. The Morgan fingerprint density at radius 2 is 2.12 bits per heavy atom. The van der Waals surface area contributed by atoms with Crippen LogP contribution in [0.25, 0.3) is 0 Å². The molecule has 0 aliphatic rings. The molecule has 0 N–H and O–H groups in total. The van der Waals surface area contributed by atoms with Crippen molar-refractivity contribution >= 4 is 5.97 Å². The first-order valence-electron chi connectivity index (χ1n) is 4.68. The molecule has 0 saturated heterocycles. The molecule has 5 heteroatoms. The Labute approximate surface area is 92.9 Å². The molecule has 0 radical (unpaired) electrons. The molecular weight excluding hydrogens is 215 g/mol. The summed E-state index contributed by atoms with van der Waals surface area (Å²) in [7, 11) is 2.76. The van der Waals surface area contributed by atoms with Crippen molar-refractivity contribution in [1.29, 1.82) is 0 Å². The first-order chi connectivity index (χ1) is 7.72. The van der Waals surface area contributed by atoms with Crippen LogP contribution in [0.15, 0.2) is 18.2 Å². The molecule has 0 unspecified atom stereocenters. The number of halogens is 1. The topological polar surface area (TPSA) is 44.8 Å². The van der Waals surface area contributed by atoms with Crippen molar-refractivity contribution in [2.45, 2.75) is 0 Å². The first kappa shape index (κ1) is 12.3. The Bertz CT molecular complexity index is 365. The number of carbonyl (C=O) groups is 1. The minimum Gasteiger partial charge on any atom is -0.497 e. The Hall–Kier alpha value is -1.78. The second kappa shape index (κ2) is 5.95. The van der Waals surface area contributed by atoms with Gasteiger partial charge in [0, 0.05) is 6.07 Å². The summed E-state index contributed by atoms with van der Waals surface area (Å²) in [6.45, 7) is -0.741. The molecule has 1 aromatic rings. The maximum absolute atomic E-state index is 12.0. The van der Waals surface area contributed by atoms with Gasteiger partial charge in [-0.1, -0.05) is 0 Å². The monoisotopic (exact) mass is 228 g/mol. The fourth-order valence-corrected chi connectivity index (χ4v) is 1.18. The lowest BCUT2D eigenvalue weighted by Crippen LogP contribution is -2.07. The van der Waals surface area contributed by atoms with Crippen molar-refractivity contribution in [2.24, 2.45) is 0 Å². The van der Waals surface area contributed by atoms with Gasteiger partial charge < -0.3 is 14.2 Å². The van der Waals surface area contributed by atoms with Gasteiger partial charge in [-0.05, 0) is 12.1 Å². The van der Waals surface area contributed by atoms with Crippen molar-refractivity contribution in [2.75, 3.05) is 27.5 Å². The van der Waals surface area contributed by atoms with Gasteiger partial charge in [-0.25, -0.2) is 9.18 Å². The standard InChI is InChI=1S/C11H13FO4/c1-14-8-3-4-9(11(13)15-2)10(7-8)16-6-5-12/h3-4,7H,5-6H2,1-2H3. The number of hydrogen-bond donors (Lipinski definition) is 0. The van der Waals surface area contributed by atoms with Crippen LogP contribution in [-0.4, -0.2) is 33.5 Å². The molecule has 0 fully saturated rings. The number of benzene rings is 1. The number of rotatable bonds is 5. The molecule has 0 aromatic heterocycles. The van der Waals surface area contributed by atoms with Gasteiger partial charge in [0.15, 0.2) is 0 Å². The lowest BCUT2D eigenvalue weighted by atomic mass is 10.2. The first-order valence-corrected chi connectivity index (χ1v) is 4.68. The van der Waals surface area contributed by atoms with Gasteiger partial charge in [0.05, 0.1) is 14.2 Å². The summed E-state index contributed by atoms with van der Waals surface area (Å²) in [6, 6.07) is 4.63. The van der Waals surface area contributed by atoms with E-state index in [1.807, 2.05) is 0 Å². The second-order valence-electron chi connectivity index (χ2n) is 2.89. The number of methoxy groups -OCH3 is 2. The summed E-state index contributed by atoms with van der Waals surface area (Å²) in [4.78, 5) is 11.4. The van der Waals surface area contributed by atoms with E-state index < -0.39 is 12.6 Å². The van der Waals surface area contributed by atoms with E-state index in [1.165, 1.54) is 26.4 Å². The number of esters is 1. The molecule has 1 aromatic carbocycles. The van der Waals surface area contributed by atoms with Crippen LogP contribution in [0.5, 0.6) is 11.5 Å². The van der Waals surface area contributed by atoms with Crippen molar-refractivity contribution < 1.29 is 23.4 Å². The predicted molar refractivity (Wildman–Crippen MR) is 55.8 cm³/mol. The molecule has 88 valence electrons. The Morgan fingerprint density at radius 3 is 2.69 bits per heavy atom. The van der Waals surface area contributed by atoms with Crippen LogP contribution in [-0.2, 0) is 4.74 Å². The average Bonchev–Trinajstić information content (AvgIpc) is 2.34. The summed E-state index contributed by atoms with van der Waals surface area (Å²) < 4.78 is 26.7. The van der Waals surface area contributed by atoms with E-state index in [9.17, 15) is 9.18 Å². The van der Waals surface area contributed by atoms with Crippen LogP contribution < -0.4 is 9.47 Å². The van der Waals surface area contributed by atoms with E-state index in [-0.39, 0.29) is 17.9 Å². The third-order valence-corrected chi connectivity index (χ3v) is 1.93. The quantitative estimate of drug-likeness (QED) is 0.721. The van der Waals surface area contributed by atoms with Gasteiger partial charge in [-0.3, -0.25) is 0 Å². The SMILES string of the molecule is COC(=O)c1ccc(OC)cc1OCCF. The van der Waals surface area contributed by atoms with E-state index in [4.69, 9.17) is 9.47 Å². The minimum absolute atomic E-state index is 0.114. The largest absolute Gasteiger partial charge is 0.497 e. The maximum Gasteiger partial charge on any atom is 0.341 e. The maximum atomic E-state index is 12.0. The molecule has 1 rings (SSSR count). The summed E-state index contributed by atoms with van der Waals surface area (Å²) in [5, 5.41) is 0. The third kappa shape index (κ3) is 2.85. The van der Waals surface area contributed by atoms with Gasteiger partial charge in [0.25, 0.3) is 0 Å². The average molecular weight is 228 g/mol. The zero-order valence-electron chi connectivity index (χ0n) is 9.16. The highest BCUT2D eigenvalue weighted by atomic mass is 19.1. The number of alkyl halides is 1. The van der Waals surface area contributed by atoms with Crippen LogP contribution in [0.2, 0.25) is 0 Å². The number of carbonyl (C=O) groups excluding carboxylic acids is 1. The smallest absolute Gasteiger partial charge is 0.341 e. The Morgan fingerprint density at radius 1 is 1.38 bits per heavy atom. The molecule has 0 aliphatic carbocycles. The van der Waals surface area contributed by atoms with Crippen molar-refractivity contribution in [3.8, 4) is 11.5 Å². The third-order valence-electron chi connectivity index (χ3n) is 1.93. The molecule has 16 heavy (non-hydrogen) atoms. The summed E-state index contributed by atoms with van der Waals surface area (Å²) >= 11 is 0. The molecule has 4 nitrogen and oxygen atoms in total. The van der Waals surface area contributed by atoms with Gasteiger partial charge in [0.2, 0.25) is 0 Å². The zero-order valence-corrected chi connectivity index (χ0v) is 9.16. The lowest BCUT2D eigenvalue weighted by Gasteiger charge is -2.10. The normalized spacial score (nSPS) is 9.69. The van der Waals surface area contributed by atoms with E-state index in [0.29, 0.717) is 5.75 Å². The van der Waals surface area contributed by atoms with Crippen LogP contribution in [0.1, 0.15) is 10.4 Å². The van der Waals surface area contributed by atoms with Gasteiger partial charge in [0.1, 0.15) is 30.3 Å². The predicted octanol–water partition coefficient (Wildman–Crippen LogP) is 1.83. The fourth-order valence-electron chi connectivity index (χ4n) is 1.18. The number of ether oxygens (including phenoxy) is 3. The molecule has 0 spiro atoms. The molecule has 0 bridgehead atoms. The summed E-state index contributed by atoms with van der Waals surface area (Å²) in [5.41, 5.74) is 0.247. The van der Waals surface area contributed by atoms with Crippen molar-refractivity contribution in [3.63, 3.8) is 0 Å². The van der Waals surface area contributed by atoms with Gasteiger partial charge >= 0.3 is 5.97 Å². The molecule has 0 heterocycles. The summed E-state index contributed by atoms with van der Waals surface area (Å²) in [5.74, 6) is 0.252. The van der Waals surface area contributed by atoms with Gasteiger partial charge in [-0.2, -0.15) is 0 Å². The van der Waals surface area contributed by atoms with Crippen LogP contribution >= 0.6 is 0 Å². The van der Waals surface area contributed by atoms with E-state index in [1.54, 1.807) is 6.07 Å². The van der Waals surface area contributed by atoms with Crippen molar-refractivity contribution in [1.82, 2.24) is 0 Å². The zero-order chi connectivity index (χ0) is 12.0. The second-order valence-corrected chi connectivity index (χ2v) is 2.89. The van der Waals surface area contributed by atoms with E-state index >= 15 is 0 Å². The molecule has 0 amide bonds. The van der Waals surface area contributed by atoms with E-state index in [2.05, 4.69) is 4.74 Å². The van der Waals surface area contributed by atoms with Gasteiger partial charge in [-0.15, -0.1) is 0 Å². The Balaban J connectivity index is 3.00. The highest BCUT2D eigenvalue weighted by Crippen LogP contribution is 2.25. The van der Waals surface area contributed by atoms with Crippen molar-refractivity contribution in [3.05, 3.63) is 23.8 Å². The number of hydrogen-bond acceptors (Lipinski definition) is 4. The van der Waals surface area contributed by atoms with Crippen LogP contribution in [0.4, 0.5) is 4.39 Å². The van der Waals surface area contributed by atoms with E-state index in [0.717, 1.165) is 0 Å². The lowest BCUT2D eigenvalue weighted by molar-refractivity contribution is 0.0595. The summed E-state index contributed by atoms with van der Waals surface area (Å²) in [6.07, 6.45) is 0. The molecule has 0 saturated carbocycles. The Kier molecular flexibility index (Phi) is 4.57. The molecular formula is C11H13FO4. The minimum atomic E-state index is -0.627. The highest BCUT2D eigenvalue weighted by molar-refractivity contribution is 5.92. The molecule has 0 atom stereocenters.